The molecule has 0 aromatic rings. The Kier molecular flexibility index (Phi) is 8.17. The summed E-state index contributed by atoms with van der Waals surface area (Å²) in [6, 6.07) is 0. The normalized spacial score (nSPS) is 22.4. The first-order chi connectivity index (χ1) is 9.81. The van der Waals surface area contributed by atoms with Crippen LogP contribution in [-0.4, -0.2) is 62.0 Å². The van der Waals surface area contributed by atoms with Gasteiger partial charge in [-0.15, -0.1) is 0 Å². The van der Waals surface area contributed by atoms with Crippen molar-refractivity contribution in [2.45, 2.75) is 59.2 Å². The fraction of sp³-hybridized carbons (Fsp3) is 1.00. The van der Waals surface area contributed by atoms with E-state index in [9.17, 15) is 5.11 Å². The second-order valence-electron chi connectivity index (χ2n) is 7.67. The molecule has 1 aliphatic heterocycles. The predicted octanol–water partition coefficient (Wildman–Crippen LogP) is 2.12. The molecule has 0 aliphatic carbocycles. The van der Waals surface area contributed by atoms with Crippen LogP contribution in [0.15, 0.2) is 0 Å². The van der Waals surface area contributed by atoms with Crippen molar-refractivity contribution in [3.8, 4) is 0 Å². The summed E-state index contributed by atoms with van der Waals surface area (Å²) in [6.45, 7) is 13.2. The van der Waals surface area contributed by atoms with Crippen LogP contribution in [0.4, 0.5) is 0 Å². The minimum atomic E-state index is -0.408. The number of ether oxygens (including phenoxy) is 1. The van der Waals surface area contributed by atoms with Crippen molar-refractivity contribution < 1.29 is 9.84 Å². The molecule has 1 heterocycles. The summed E-state index contributed by atoms with van der Waals surface area (Å²) in [7, 11) is 2.19. The molecule has 126 valence electrons. The third-order valence-electron chi connectivity index (χ3n) is 4.50. The molecule has 0 aromatic heterocycles. The molecule has 0 bridgehead atoms. The number of nitrogens with zero attached hydrogens (tertiary/aromatic N) is 1. The van der Waals surface area contributed by atoms with Crippen molar-refractivity contribution in [1.82, 2.24) is 10.2 Å². The third kappa shape index (κ3) is 8.15. The molecule has 0 amide bonds. The second kappa shape index (κ2) is 9.09. The second-order valence-corrected chi connectivity index (χ2v) is 7.67. The summed E-state index contributed by atoms with van der Waals surface area (Å²) in [4.78, 5) is 2.39. The molecule has 2 N–H and O–H groups in total. The summed E-state index contributed by atoms with van der Waals surface area (Å²) in [5, 5.41) is 13.4. The topological polar surface area (TPSA) is 44.7 Å². The molecule has 4 nitrogen and oxygen atoms in total. The maximum absolute atomic E-state index is 9.99. The van der Waals surface area contributed by atoms with Gasteiger partial charge in [-0.1, -0.05) is 20.8 Å². The van der Waals surface area contributed by atoms with E-state index in [0.29, 0.717) is 24.5 Å². The first kappa shape index (κ1) is 18.9. The van der Waals surface area contributed by atoms with E-state index in [1.54, 1.807) is 0 Å². The molecule has 0 spiro atoms. The van der Waals surface area contributed by atoms with Gasteiger partial charge < -0.3 is 20.1 Å². The number of aliphatic hydroxyl groups is 1. The van der Waals surface area contributed by atoms with Crippen LogP contribution in [-0.2, 0) is 4.74 Å². The number of nitrogens with one attached hydrogen (secondary N) is 1. The average Bonchev–Trinajstić information content (AvgIpc) is 2.39. The highest BCUT2D eigenvalue weighted by Crippen LogP contribution is 2.29. The van der Waals surface area contributed by atoms with Crippen LogP contribution >= 0.6 is 0 Å². The summed E-state index contributed by atoms with van der Waals surface area (Å²) < 4.78 is 5.70. The van der Waals surface area contributed by atoms with Gasteiger partial charge in [0.2, 0.25) is 0 Å². The summed E-state index contributed by atoms with van der Waals surface area (Å²) in [6.07, 6.45) is 3.33. The van der Waals surface area contributed by atoms with Crippen LogP contribution in [0.3, 0.4) is 0 Å². The minimum Gasteiger partial charge on any atom is -0.389 e. The van der Waals surface area contributed by atoms with Crippen LogP contribution in [0.25, 0.3) is 0 Å². The van der Waals surface area contributed by atoms with E-state index in [4.69, 9.17) is 4.74 Å². The standard InChI is InChI=1S/C17H36N2O2/c1-14(2)10-15(3)21-12-16(20)11-18-13-17(4)6-8-19(5)9-7-17/h14-16,18,20H,6-13H2,1-5H3. The lowest BCUT2D eigenvalue weighted by Gasteiger charge is -2.38. The molecule has 1 saturated heterocycles. The van der Waals surface area contributed by atoms with Crippen LogP contribution in [0, 0.1) is 11.3 Å². The molecule has 1 aliphatic rings. The predicted molar refractivity (Wildman–Crippen MR) is 88.6 cm³/mol. The molecule has 2 unspecified atom stereocenters. The van der Waals surface area contributed by atoms with Crippen molar-refractivity contribution in [1.29, 1.82) is 0 Å². The maximum atomic E-state index is 9.99. The van der Waals surface area contributed by atoms with Crippen LogP contribution in [0.2, 0.25) is 0 Å². The fourth-order valence-corrected chi connectivity index (χ4v) is 2.94. The third-order valence-corrected chi connectivity index (χ3v) is 4.50. The van der Waals surface area contributed by atoms with Crippen molar-refractivity contribution in [3.63, 3.8) is 0 Å². The average molecular weight is 300 g/mol. The van der Waals surface area contributed by atoms with Crippen LogP contribution < -0.4 is 5.32 Å². The Morgan fingerprint density at radius 3 is 2.43 bits per heavy atom. The number of piperidine rings is 1. The van der Waals surface area contributed by atoms with E-state index in [-0.39, 0.29) is 6.10 Å². The van der Waals surface area contributed by atoms with Crippen molar-refractivity contribution in [2.75, 3.05) is 39.8 Å². The fourth-order valence-electron chi connectivity index (χ4n) is 2.94. The van der Waals surface area contributed by atoms with E-state index in [1.807, 2.05) is 0 Å². The zero-order chi connectivity index (χ0) is 15.9. The van der Waals surface area contributed by atoms with Gasteiger partial charge in [0.1, 0.15) is 0 Å². The first-order valence-corrected chi connectivity index (χ1v) is 8.50. The number of rotatable bonds is 9. The molecule has 0 radical (unpaired) electrons. The molecule has 1 fully saturated rings. The van der Waals surface area contributed by atoms with Crippen LogP contribution in [0.1, 0.15) is 47.0 Å². The zero-order valence-corrected chi connectivity index (χ0v) is 14.7. The molecule has 0 saturated carbocycles. The molecule has 21 heavy (non-hydrogen) atoms. The van der Waals surface area contributed by atoms with Crippen molar-refractivity contribution in [3.05, 3.63) is 0 Å². The molecule has 4 heteroatoms. The van der Waals surface area contributed by atoms with E-state index in [2.05, 4.69) is 45.0 Å². The van der Waals surface area contributed by atoms with Gasteiger partial charge in [-0.05, 0) is 57.7 Å². The Morgan fingerprint density at radius 2 is 1.86 bits per heavy atom. The van der Waals surface area contributed by atoms with Crippen molar-refractivity contribution >= 4 is 0 Å². The van der Waals surface area contributed by atoms with Gasteiger partial charge in [-0.3, -0.25) is 0 Å². The van der Waals surface area contributed by atoms with Crippen molar-refractivity contribution in [2.24, 2.45) is 11.3 Å². The quantitative estimate of drug-likeness (QED) is 0.685. The molecular weight excluding hydrogens is 264 g/mol. The Hall–Kier alpha value is -0.160. The van der Waals surface area contributed by atoms with Gasteiger partial charge in [0.15, 0.2) is 0 Å². The van der Waals surface area contributed by atoms with E-state index < -0.39 is 6.10 Å². The highest BCUT2D eigenvalue weighted by atomic mass is 16.5. The summed E-state index contributed by atoms with van der Waals surface area (Å²) >= 11 is 0. The zero-order valence-electron chi connectivity index (χ0n) is 14.7. The first-order valence-electron chi connectivity index (χ1n) is 8.50. The Morgan fingerprint density at radius 1 is 1.24 bits per heavy atom. The minimum absolute atomic E-state index is 0.228. The lowest BCUT2D eigenvalue weighted by molar-refractivity contribution is -0.00960. The van der Waals surface area contributed by atoms with E-state index >= 15 is 0 Å². The van der Waals surface area contributed by atoms with Gasteiger partial charge in [0.25, 0.3) is 0 Å². The molecule has 0 aromatic carbocycles. The summed E-state index contributed by atoms with van der Waals surface area (Å²) in [5.41, 5.74) is 0.373. The Bertz CT molecular complexity index is 276. The number of hydrogen-bond donors (Lipinski definition) is 2. The largest absolute Gasteiger partial charge is 0.389 e. The number of likely N-dealkylation sites (tertiary alicyclic amines) is 1. The van der Waals surface area contributed by atoms with Gasteiger partial charge in [-0.25, -0.2) is 0 Å². The number of hydrogen-bond acceptors (Lipinski definition) is 4. The van der Waals surface area contributed by atoms with E-state index in [0.717, 1.165) is 13.0 Å². The van der Waals surface area contributed by atoms with Gasteiger partial charge >= 0.3 is 0 Å². The molecule has 1 rings (SSSR count). The van der Waals surface area contributed by atoms with Gasteiger partial charge in [-0.2, -0.15) is 0 Å². The Balaban J connectivity index is 2.11. The highest BCUT2D eigenvalue weighted by Gasteiger charge is 2.28. The summed E-state index contributed by atoms with van der Waals surface area (Å²) in [5.74, 6) is 0.639. The lowest BCUT2D eigenvalue weighted by Crippen LogP contribution is -2.44. The smallest absolute Gasteiger partial charge is 0.0897 e. The molecule has 2 atom stereocenters. The Labute approximate surface area is 131 Å². The highest BCUT2D eigenvalue weighted by molar-refractivity contribution is 4.83. The monoisotopic (exact) mass is 300 g/mol. The molecular formula is C17H36N2O2. The van der Waals surface area contributed by atoms with Gasteiger partial charge in [0.05, 0.1) is 18.8 Å². The van der Waals surface area contributed by atoms with Crippen LogP contribution in [0.5, 0.6) is 0 Å². The SMILES string of the molecule is CC(C)CC(C)OCC(O)CNCC1(C)CCN(C)CC1. The van der Waals surface area contributed by atoms with E-state index in [1.165, 1.54) is 25.9 Å². The number of aliphatic hydroxyl groups excluding tert-OH is 1. The maximum Gasteiger partial charge on any atom is 0.0897 e. The lowest BCUT2D eigenvalue weighted by atomic mass is 9.80. The van der Waals surface area contributed by atoms with Gasteiger partial charge in [0, 0.05) is 13.1 Å².